The van der Waals surface area contributed by atoms with Crippen molar-refractivity contribution in [3.05, 3.63) is 70.3 Å². The maximum absolute atomic E-state index is 12.1. The molecular formula is C16H15N3O4. The molecule has 0 atom stereocenters. The van der Waals surface area contributed by atoms with Gasteiger partial charge in [-0.2, -0.15) is 5.10 Å². The van der Waals surface area contributed by atoms with Crippen LogP contribution in [0, 0.1) is 10.1 Å². The lowest BCUT2D eigenvalue weighted by molar-refractivity contribution is -0.384. The van der Waals surface area contributed by atoms with Crippen LogP contribution in [0.3, 0.4) is 0 Å². The number of hydrazone groups is 1. The Morgan fingerprint density at radius 2 is 1.83 bits per heavy atom. The molecule has 0 amide bonds. The Bertz CT molecular complexity index is 712. The van der Waals surface area contributed by atoms with E-state index in [0.29, 0.717) is 11.3 Å². The van der Waals surface area contributed by atoms with Gasteiger partial charge >= 0.3 is 5.97 Å². The van der Waals surface area contributed by atoms with Crippen LogP contribution >= 0.6 is 0 Å². The highest BCUT2D eigenvalue weighted by atomic mass is 16.6. The van der Waals surface area contributed by atoms with Crippen LogP contribution in [0.25, 0.3) is 0 Å². The highest BCUT2D eigenvalue weighted by molar-refractivity contribution is 6.43. The number of non-ortho nitro benzene ring substituents is 1. The van der Waals surface area contributed by atoms with Crippen LogP contribution in [-0.2, 0) is 9.53 Å². The predicted octanol–water partition coefficient (Wildman–Crippen LogP) is 2.97. The number of hydrogen-bond acceptors (Lipinski definition) is 6. The maximum atomic E-state index is 12.1. The van der Waals surface area contributed by atoms with Crippen LogP contribution in [-0.4, -0.2) is 23.2 Å². The third-order valence-electron chi connectivity index (χ3n) is 2.89. The first-order valence-electron chi connectivity index (χ1n) is 6.92. The molecule has 0 radical (unpaired) electrons. The first-order chi connectivity index (χ1) is 11.1. The van der Waals surface area contributed by atoms with Crippen LogP contribution in [0.5, 0.6) is 0 Å². The monoisotopic (exact) mass is 313 g/mol. The van der Waals surface area contributed by atoms with Gasteiger partial charge in [0.25, 0.3) is 5.69 Å². The number of para-hydroxylation sites is 1. The fourth-order valence-corrected chi connectivity index (χ4v) is 1.80. The van der Waals surface area contributed by atoms with Gasteiger partial charge in [-0.25, -0.2) is 4.79 Å². The Hall–Kier alpha value is -3.22. The molecule has 0 aliphatic rings. The van der Waals surface area contributed by atoms with Gasteiger partial charge in [-0.3, -0.25) is 15.5 Å². The molecule has 2 rings (SSSR count). The SMILES string of the molecule is CCOC(=O)/C(=N\Nc1ccccc1)c1ccc([N+](=O)[O-])cc1. The molecule has 2 aromatic rings. The van der Waals surface area contributed by atoms with Crippen LogP contribution < -0.4 is 5.43 Å². The molecule has 118 valence electrons. The predicted molar refractivity (Wildman–Crippen MR) is 86.3 cm³/mol. The normalized spacial score (nSPS) is 10.9. The highest BCUT2D eigenvalue weighted by Gasteiger charge is 2.17. The van der Waals surface area contributed by atoms with Crippen molar-refractivity contribution in [1.82, 2.24) is 0 Å². The summed E-state index contributed by atoms with van der Waals surface area (Å²) >= 11 is 0. The number of nitrogens with one attached hydrogen (secondary N) is 1. The van der Waals surface area contributed by atoms with Crippen LogP contribution in [0.2, 0.25) is 0 Å². The van der Waals surface area contributed by atoms with Gasteiger partial charge in [-0.15, -0.1) is 0 Å². The van der Waals surface area contributed by atoms with Gasteiger partial charge in [-0.05, 0) is 31.2 Å². The van der Waals surface area contributed by atoms with Crippen molar-refractivity contribution in [3.8, 4) is 0 Å². The lowest BCUT2D eigenvalue weighted by Gasteiger charge is -2.07. The number of nitro groups is 1. The topological polar surface area (TPSA) is 93.8 Å². The van der Waals surface area contributed by atoms with Gasteiger partial charge in [-0.1, -0.05) is 18.2 Å². The molecular weight excluding hydrogens is 298 g/mol. The Labute approximate surface area is 132 Å². The van der Waals surface area contributed by atoms with Crippen molar-refractivity contribution < 1.29 is 14.5 Å². The number of nitro benzene ring substituents is 1. The molecule has 0 unspecified atom stereocenters. The number of carbonyl (C=O) groups excluding carboxylic acids is 1. The van der Waals surface area contributed by atoms with E-state index in [2.05, 4.69) is 10.5 Å². The number of ether oxygens (including phenoxy) is 1. The fraction of sp³-hybridized carbons (Fsp3) is 0.125. The van der Waals surface area contributed by atoms with Crippen molar-refractivity contribution in [2.45, 2.75) is 6.92 Å². The van der Waals surface area contributed by atoms with E-state index >= 15 is 0 Å². The first-order valence-corrected chi connectivity index (χ1v) is 6.92. The summed E-state index contributed by atoms with van der Waals surface area (Å²) in [4.78, 5) is 22.3. The third kappa shape index (κ3) is 4.37. The standard InChI is InChI=1S/C16H15N3O4/c1-2-23-16(20)15(18-17-13-6-4-3-5-7-13)12-8-10-14(11-9-12)19(21)22/h3-11,17H,2H2,1H3/b18-15-. The van der Waals surface area contributed by atoms with Crippen molar-refractivity contribution in [3.63, 3.8) is 0 Å². The summed E-state index contributed by atoms with van der Waals surface area (Å²) in [7, 11) is 0. The molecule has 0 aliphatic heterocycles. The van der Waals surface area contributed by atoms with E-state index in [-0.39, 0.29) is 18.0 Å². The minimum Gasteiger partial charge on any atom is -0.461 e. The molecule has 0 saturated carbocycles. The zero-order chi connectivity index (χ0) is 16.7. The van der Waals surface area contributed by atoms with E-state index in [1.807, 2.05) is 18.2 Å². The third-order valence-corrected chi connectivity index (χ3v) is 2.89. The van der Waals surface area contributed by atoms with Crippen molar-refractivity contribution >= 4 is 23.1 Å². The number of carbonyl (C=O) groups is 1. The minimum atomic E-state index is -0.607. The number of rotatable bonds is 6. The van der Waals surface area contributed by atoms with Crippen molar-refractivity contribution in [2.75, 3.05) is 12.0 Å². The van der Waals surface area contributed by atoms with E-state index in [9.17, 15) is 14.9 Å². The van der Waals surface area contributed by atoms with Gasteiger partial charge in [0.1, 0.15) is 0 Å². The molecule has 7 heteroatoms. The molecule has 0 saturated heterocycles. The number of nitrogens with zero attached hydrogens (tertiary/aromatic N) is 2. The molecule has 0 bridgehead atoms. The van der Waals surface area contributed by atoms with Gasteiger partial charge < -0.3 is 4.74 Å². The highest BCUT2D eigenvalue weighted by Crippen LogP contribution is 2.14. The van der Waals surface area contributed by atoms with E-state index in [1.165, 1.54) is 24.3 Å². The summed E-state index contributed by atoms with van der Waals surface area (Å²) in [5.41, 5.74) is 3.89. The molecule has 2 aromatic carbocycles. The van der Waals surface area contributed by atoms with E-state index in [4.69, 9.17) is 4.74 Å². The first kappa shape index (κ1) is 16.2. The van der Waals surface area contributed by atoms with Gasteiger partial charge in [0.05, 0.1) is 17.2 Å². The zero-order valence-corrected chi connectivity index (χ0v) is 12.4. The molecule has 0 fully saturated rings. The Morgan fingerprint density at radius 3 is 2.39 bits per heavy atom. The van der Waals surface area contributed by atoms with E-state index < -0.39 is 10.9 Å². The summed E-state index contributed by atoms with van der Waals surface area (Å²) in [5.74, 6) is -0.607. The summed E-state index contributed by atoms with van der Waals surface area (Å²) in [6.45, 7) is 1.89. The van der Waals surface area contributed by atoms with E-state index in [0.717, 1.165) is 0 Å². The fourth-order valence-electron chi connectivity index (χ4n) is 1.80. The molecule has 0 aliphatic carbocycles. The second-order valence-corrected chi connectivity index (χ2v) is 4.46. The van der Waals surface area contributed by atoms with E-state index in [1.54, 1.807) is 19.1 Å². The Balaban J connectivity index is 2.29. The number of benzene rings is 2. The molecule has 23 heavy (non-hydrogen) atoms. The van der Waals surface area contributed by atoms with Crippen LogP contribution in [0.4, 0.5) is 11.4 Å². The molecule has 7 nitrogen and oxygen atoms in total. The molecule has 0 aromatic heterocycles. The second-order valence-electron chi connectivity index (χ2n) is 4.46. The summed E-state index contributed by atoms with van der Waals surface area (Å²) in [6.07, 6.45) is 0. The maximum Gasteiger partial charge on any atom is 0.359 e. The van der Waals surface area contributed by atoms with Crippen LogP contribution in [0.15, 0.2) is 59.7 Å². The van der Waals surface area contributed by atoms with Gasteiger partial charge in [0, 0.05) is 17.7 Å². The average Bonchev–Trinajstić information content (AvgIpc) is 2.56. The lowest BCUT2D eigenvalue weighted by Crippen LogP contribution is -2.20. The summed E-state index contributed by atoms with van der Waals surface area (Å²) in [5, 5.41) is 14.8. The molecule has 0 spiro atoms. The number of esters is 1. The van der Waals surface area contributed by atoms with Gasteiger partial charge in [0.15, 0.2) is 5.71 Å². The smallest absolute Gasteiger partial charge is 0.359 e. The second kappa shape index (κ2) is 7.69. The lowest BCUT2D eigenvalue weighted by atomic mass is 10.1. The quantitative estimate of drug-likeness (QED) is 0.383. The van der Waals surface area contributed by atoms with Crippen LogP contribution in [0.1, 0.15) is 12.5 Å². The Kier molecular flexibility index (Phi) is 5.40. The van der Waals surface area contributed by atoms with Crippen molar-refractivity contribution in [2.24, 2.45) is 5.10 Å². The van der Waals surface area contributed by atoms with Crippen molar-refractivity contribution in [1.29, 1.82) is 0 Å². The molecule has 1 N–H and O–H groups in total. The Morgan fingerprint density at radius 1 is 1.17 bits per heavy atom. The molecule has 0 heterocycles. The zero-order valence-electron chi connectivity index (χ0n) is 12.4. The van der Waals surface area contributed by atoms with Gasteiger partial charge in [0.2, 0.25) is 0 Å². The average molecular weight is 313 g/mol. The number of anilines is 1. The summed E-state index contributed by atoms with van der Waals surface area (Å²) in [6, 6.07) is 14.6. The number of hydrogen-bond donors (Lipinski definition) is 1. The largest absolute Gasteiger partial charge is 0.461 e. The minimum absolute atomic E-state index is 0.0469. The summed E-state index contributed by atoms with van der Waals surface area (Å²) < 4.78 is 4.98.